The standard InChI is InChI=1S/C48H31N3/c1-2-12-31(13-3-1)32-14-10-15-35(28-32)50-43-21-8-5-17-37(43)40-29-33(24-26-45(40)50)34-25-27-46-41(30-34)38-18-6-9-22-44(38)51(46)47-23-11-19-39-36-16-4-7-20-42(36)49-48(39)47/h1-30,49H. The molecule has 11 aromatic rings. The lowest BCUT2D eigenvalue weighted by Gasteiger charge is -2.11. The van der Waals surface area contributed by atoms with E-state index in [0.29, 0.717) is 0 Å². The predicted molar refractivity (Wildman–Crippen MR) is 215 cm³/mol. The zero-order chi connectivity index (χ0) is 33.5. The number of H-pyrrole nitrogens is 1. The zero-order valence-corrected chi connectivity index (χ0v) is 27.7. The van der Waals surface area contributed by atoms with Crippen molar-refractivity contribution < 1.29 is 0 Å². The highest BCUT2D eigenvalue weighted by molar-refractivity contribution is 6.15. The molecule has 3 heterocycles. The fraction of sp³-hybridized carbons (Fsp3) is 0. The van der Waals surface area contributed by atoms with Gasteiger partial charge in [-0.1, -0.05) is 121 Å². The Hall–Kier alpha value is -6.84. The highest BCUT2D eigenvalue weighted by Gasteiger charge is 2.18. The third kappa shape index (κ3) is 4.19. The van der Waals surface area contributed by atoms with E-state index in [2.05, 4.69) is 196 Å². The first-order valence-corrected chi connectivity index (χ1v) is 17.5. The van der Waals surface area contributed by atoms with Gasteiger partial charge in [0, 0.05) is 43.5 Å². The first kappa shape index (κ1) is 28.0. The maximum atomic E-state index is 3.74. The molecule has 0 aliphatic heterocycles. The fourth-order valence-corrected chi connectivity index (χ4v) is 8.34. The molecule has 0 spiro atoms. The highest BCUT2D eigenvalue weighted by atomic mass is 15.0. The summed E-state index contributed by atoms with van der Waals surface area (Å²) in [6.45, 7) is 0. The van der Waals surface area contributed by atoms with E-state index >= 15 is 0 Å². The van der Waals surface area contributed by atoms with Gasteiger partial charge in [-0.3, -0.25) is 0 Å². The van der Waals surface area contributed by atoms with Gasteiger partial charge in [-0.05, 0) is 82.9 Å². The molecule has 0 amide bonds. The van der Waals surface area contributed by atoms with Gasteiger partial charge in [0.2, 0.25) is 0 Å². The molecular weight excluding hydrogens is 619 g/mol. The van der Waals surface area contributed by atoms with Gasteiger partial charge >= 0.3 is 0 Å². The highest BCUT2D eigenvalue weighted by Crippen LogP contribution is 2.40. The van der Waals surface area contributed by atoms with Gasteiger partial charge in [0.1, 0.15) is 0 Å². The first-order valence-electron chi connectivity index (χ1n) is 17.5. The Morgan fingerprint density at radius 2 is 0.843 bits per heavy atom. The monoisotopic (exact) mass is 649 g/mol. The van der Waals surface area contributed by atoms with Crippen LogP contribution in [0.2, 0.25) is 0 Å². The normalized spacial score (nSPS) is 11.9. The van der Waals surface area contributed by atoms with Crippen LogP contribution in [0.3, 0.4) is 0 Å². The molecular formula is C48H31N3. The molecule has 0 bridgehead atoms. The van der Waals surface area contributed by atoms with E-state index < -0.39 is 0 Å². The van der Waals surface area contributed by atoms with Crippen LogP contribution in [0.15, 0.2) is 182 Å². The molecule has 0 radical (unpaired) electrons. The zero-order valence-electron chi connectivity index (χ0n) is 27.7. The summed E-state index contributed by atoms with van der Waals surface area (Å²) in [6, 6.07) is 66.2. The van der Waals surface area contributed by atoms with E-state index in [9.17, 15) is 0 Å². The van der Waals surface area contributed by atoms with E-state index in [0.717, 1.165) is 22.4 Å². The van der Waals surface area contributed by atoms with E-state index in [1.165, 1.54) is 76.6 Å². The van der Waals surface area contributed by atoms with Crippen molar-refractivity contribution in [1.82, 2.24) is 14.1 Å². The molecule has 8 aromatic carbocycles. The summed E-state index contributed by atoms with van der Waals surface area (Å²) in [5.41, 5.74) is 14.3. The molecule has 0 saturated heterocycles. The number of para-hydroxylation sites is 4. The van der Waals surface area contributed by atoms with Crippen molar-refractivity contribution >= 4 is 65.4 Å². The Morgan fingerprint density at radius 1 is 0.314 bits per heavy atom. The van der Waals surface area contributed by atoms with Gasteiger partial charge in [-0.2, -0.15) is 0 Å². The molecule has 11 rings (SSSR count). The van der Waals surface area contributed by atoms with Crippen LogP contribution in [-0.2, 0) is 0 Å². The third-order valence-corrected chi connectivity index (χ3v) is 10.7. The molecule has 238 valence electrons. The number of hydrogen-bond acceptors (Lipinski definition) is 0. The van der Waals surface area contributed by atoms with Crippen molar-refractivity contribution in [3.63, 3.8) is 0 Å². The van der Waals surface area contributed by atoms with Crippen molar-refractivity contribution in [3.8, 4) is 33.6 Å². The average molecular weight is 650 g/mol. The summed E-state index contributed by atoms with van der Waals surface area (Å²) >= 11 is 0. The van der Waals surface area contributed by atoms with Gasteiger partial charge in [0.25, 0.3) is 0 Å². The van der Waals surface area contributed by atoms with Crippen LogP contribution in [0.4, 0.5) is 0 Å². The molecule has 0 aliphatic rings. The number of aromatic amines is 1. The smallest absolute Gasteiger partial charge is 0.0709 e. The van der Waals surface area contributed by atoms with E-state index in [4.69, 9.17) is 0 Å². The van der Waals surface area contributed by atoms with Gasteiger partial charge in [-0.25, -0.2) is 0 Å². The maximum Gasteiger partial charge on any atom is 0.0709 e. The fourth-order valence-electron chi connectivity index (χ4n) is 8.34. The number of nitrogens with one attached hydrogen (secondary N) is 1. The van der Waals surface area contributed by atoms with Crippen LogP contribution in [-0.4, -0.2) is 14.1 Å². The van der Waals surface area contributed by atoms with Crippen LogP contribution in [0.1, 0.15) is 0 Å². The summed E-state index contributed by atoms with van der Waals surface area (Å²) < 4.78 is 4.83. The summed E-state index contributed by atoms with van der Waals surface area (Å²) in [6.07, 6.45) is 0. The number of benzene rings is 8. The van der Waals surface area contributed by atoms with Crippen LogP contribution >= 0.6 is 0 Å². The first-order chi connectivity index (χ1) is 25.3. The largest absolute Gasteiger partial charge is 0.353 e. The van der Waals surface area contributed by atoms with Crippen LogP contribution in [0.25, 0.3) is 99.0 Å². The van der Waals surface area contributed by atoms with Crippen LogP contribution < -0.4 is 0 Å². The minimum Gasteiger partial charge on any atom is -0.353 e. The Bertz CT molecular complexity index is 3140. The minimum absolute atomic E-state index is 1.15. The minimum atomic E-state index is 1.15. The Labute approximate surface area is 294 Å². The molecule has 3 aromatic heterocycles. The number of aromatic nitrogens is 3. The lowest BCUT2D eigenvalue weighted by Crippen LogP contribution is -1.95. The number of hydrogen-bond donors (Lipinski definition) is 1. The summed E-state index contributed by atoms with van der Waals surface area (Å²) in [5, 5.41) is 7.49. The van der Waals surface area contributed by atoms with Crippen molar-refractivity contribution in [2.75, 3.05) is 0 Å². The van der Waals surface area contributed by atoms with Crippen molar-refractivity contribution in [2.45, 2.75) is 0 Å². The molecule has 0 saturated carbocycles. The molecule has 0 aliphatic carbocycles. The predicted octanol–water partition coefficient (Wildman–Crippen LogP) is 12.8. The second kappa shape index (κ2) is 10.8. The average Bonchev–Trinajstić information content (AvgIpc) is 3.86. The van der Waals surface area contributed by atoms with E-state index in [1.54, 1.807) is 0 Å². The van der Waals surface area contributed by atoms with Gasteiger partial charge < -0.3 is 14.1 Å². The molecule has 1 N–H and O–H groups in total. The van der Waals surface area contributed by atoms with Crippen LogP contribution in [0, 0.1) is 0 Å². The Morgan fingerprint density at radius 3 is 1.59 bits per heavy atom. The molecule has 0 atom stereocenters. The molecule has 0 fully saturated rings. The SMILES string of the molecule is c1ccc(-c2cccc(-n3c4ccccc4c4cc(-c5ccc6c(c5)c5ccccc5n6-c5cccc6c5[nH]c5ccccc56)ccc43)c2)cc1. The topological polar surface area (TPSA) is 25.6 Å². The summed E-state index contributed by atoms with van der Waals surface area (Å²) in [5.74, 6) is 0. The lowest BCUT2D eigenvalue weighted by molar-refractivity contribution is 1.18. The Kier molecular flexibility index (Phi) is 5.96. The number of nitrogens with zero attached hydrogens (tertiary/aromatic N) is 2. The van der Waals surface area contributed by atoms with Crippen molar-refractivity contribution in [3.05, 3.63) is 182 Å². The second-order valence-corrected chi connectivity index (χ2v) is 13.5. The number of fused-ring (bicyclic) bond motifs is 9. The number of rotatable bonds is 4. The third-order valence-electron chi connectivity index (χ3n) is 10.7. The summed E-state index contributed by atoms with van der Waals surface area (Å²) in [7, 11) is 0. The van der Waals surface area contributed by atoms with Gasteiger partial charge in [0.15, 0.2) is 0 Å². The quantitative estimate of drug-likeness (QED) is 0.196. The molecule has 51 heavy (non-hydrogen) atoms. The van der Waals surface area contributed by atoms with Crippen LogP contribution in [0.5, 0.6) is 0 Å². The van der Waals surface area contributed by atoms with E-state index in [1.807, 2.05) is 0 Å². The van der Waals surface area contributed by atoms with E-state index in [-0.39, 0.29) is 0 Å². The second-order valence-electron chi connectivity index (χ2n) is 13.5. The molecule has 3 nitrogen and oxygen atoms in total. The van der Waals surface area contributed by atoms with Gasteiger partial charge in [-0.15, -0.1) is 0 Å². The molecule has 0 unspecified atom stereocenters. The Balaban J connectivity index is 1.09. The van der Waals surface area contributed by atoms with Gasteiger partial charge in [0.05, 0.1) is 33.3 Å². The molecule has 3 heteroatoms. The van der Waals surface area contributed by atoms with Crippen molar-refractivity contribution in [1.29, 1.82) is 0 Å². The van der Waals surface area contributed by atoms with Crippen molar-refractivity contribution in [2.24, 2.45) is 0 Å². The summed E-state index contributed by atoms with van der Waals surface area (Å²) in [4.78, 5) is 3.74. The lowest BCUT2D eigenvalue weighted by atomic mass is 10.0. The maximum absolute atomic E-state index is 3.74.